The van der Waals surface area contributed by atoms with Crippen molar-refractivity contribution in [3.63, 3.8) is 0 Å². The van der Waals surface area contributed by atoms with Crippen LogP contribution in [0.1, 0.15) is 53.8 Å². The Balaban J connectivity index is 1.38. The number of piperidine rings is 1. The van der Waals surface area contributed by atoms with Gasteiger partial charge in [-0.3, -0.25) is 14.7 Å². The van der Waals surface area contributed by atoms with Crippen LogP contribution in [0.2, 0.25) is 0 Å². The number of carbonyl (C=O) groups excluding carboxylic acids is 2. The van der Waals surface area contributed by atoms with Crippen molar-refractivity contribution in [2.45, 2.75) is 57.2 Å². The third-order valence-corrected chi connectivity index (χ3v) is 5.79. The SMILES string of the molecule is N#CC1(C(=O)N2CCC(NC(=O)c3n[nH]c4c3CCCC4)C(F)C2)CC1. The van der Waals surface area contributed by atoms with Gasteiger partial charge in [-0.05, 0) is 44.9 Å². The van der Waals surface area contributed by atoms with Crippen LogP contribution in [0.25, 0.3) is 0 Å². The molecule has 1 aromatic heterocycles. The van der Waals surface area contributed by atoms with Gasteiger partial charge >= 0.3 is 0 Å². The normalized spacial score (nSPS) is 26.5. The summed E-state index contributed by atoms with van der Waals surface area (Å²) in [7, 11) is 0. The molecule has 1 aliphatic heterocycles. The predicted octanol–water partition coefficient (Wildman–Crippen LogP) is 1.26. The number of likely N-dealkylation sites (tertiary alicyclic amines) is 1. The molecule has 0 spiro atoms. The van der Waals surface area contributed by atoms with Crippen LogP contribution >= 0.6 is 0 Å². The number of hydrogen-bond acceptors (Lipinski definition) is 4. The number of rotatable bonds is 3. The van der Waals surface area contributed by atoms with Crippen LogP contribution in [0.3, 0.4) is 0 Å². The molecule has 2 fully saturated rings. The molecule has 7 nitrogen and oxygen atoms in total. The summed E-state index contributed by atoms with van der Waals surface area (Å²) in [4.78, 5) is 26.3. The lowest BCUT2D eigenvalue weighted by molar-refractivity contribution is -0.137. The molecule has 1 saturated heterocycles. The number of hydrogen-bond donors (Lipinski definition) is 2. The average molecular weight is 359 g/mol. The minimum atomic E-state index is -1.35. The molecule has 2 N–H and O–H groups in total. The predicted molar refractivity (Wildman–Crippen MR) is 89.9 cm³/mol. The number of aromatic nitrogens is 2. The first-order valence-electron chi connectivity index (χ1n) is 9.26. The molecule has 2 aliphatic carbocycles. The van der Waals surface area contributed by atoms with Gasteiger partial charge in [0.1, 0.15) is 11.6 Å². The second-order valence-electron chi connectivity index (χ2n) is 7.57. The molecule has 0 bridgehead atoms. The van der Waals surface area contributed by atoms with Crippen molar-refractivity contribution >= 4 is 11.8 Å². The largest absolute Gasteiger partial charge is 0.345 e. The molecule has 4 rings (SSSR count). The van der Waals surface area contributed by atoms with Gasteiger partial charge in [0.15, 0.2) is 5.69 Å². The minimum Gasteiger partial charge on any atom is -0.345 e. The average Bonchev–Trinajstić information content (AvgIpc) is 3.34. The summed E-state index contributed by atoms with van der Waals surface area (Å²) in [5, 5.41) is 18.9. The zero-order chi connectivity index (χ0) is 18.3. The van der Waals surface area contributed by atoms with Gasteiger partial charge in [0, 0.05) is 17.8 Å². The molecule has 138 valence electrons. The van der Waals surface area contributed by atoms with E-state index in [4.69, 9.17) is 5.26 Å². The zero-order valence-corrected chi connectivity index (χ0v) is 14.6. The smallest absolute Gasteiger partial charge is 0.272 e. The number of fused-ring (bicyclic) bond motifs is 1. The maximum atomic E-state index is 14.6. The van der Waals surface area contributed by atoms with E-state index in [1.165, 1.54) is 4.90 Å². The zero-order valence-electron chi connectivity index (χ0n) is 14.6. The fourth-order valence-corrected chi connectivity index (χ4v) is 3.96. The van der Waals surface area contributed by atoms with Gasteiger partial charge in [-0.15, -0.1) is 0 Å². The summed E-state index contributed by atoms with van der Waals surface area (Å²) >= 11 is 0. The maximum Gasteiger partial charge on any atom is 0.272 e. The lowest BCUT2D eigenvalue weighted by Crippen LogP contribution is -2.55. The lowest BCUT2D eigenvalue weighted by atomic mass is 9.95. The summed E-state index contributed by atoms with van der Waals surface area (Å²) in [6.45, 7) is 0.276. The van der Waals surface area contributed by atoms with Crippen LogP contribution in [-0.4, -0.2) is 52.2 Å². The molecule has 26 heavy (non-hydrogen) atoms. The van der Waals surface area contributed by atoms with Crippen molar-refractivity contribution in [2.24, 2.45) is 5.41 Å². The highest BCUT2D eigenvalue weighted by molar-refractivity contribution is 5.94. The van der Waals surface area contributed by atoms with E-state index in [0.717, 1.165) is 36.9 Å². The highest BCUT2D eigenvalue weighted by Gasteiger charge is 2.53. The van der Waals surface area contributed by atoms with E-state index < -0.39 is 17.6 Å². The van der Waals surface area contributed by atoms with Crippen molar-refractivity contribution < 1.29 is 14.0 Å². The first-order chi connectivity index (χ1) is 12.5. The van der Waals surface area contributed by atoms with Crippen LogP contribution in [0.5, 0.6) is 0 Å². The van der Waals surface area contributed by atoms with Gasteiger partial charge < -0.3 is 10.2 Å². The summed E-state index contributed by atoms with van der Waals surface area (Å²) in [5.41, 5.74) is 1.39. The van der Waals surface area contributed by atoms with E-state index in [1.54, 1.807) is 0 Å². The number of nitrogens with one attached hydrogen (secondary N) is 2. The van der Waals surface area contributed by atoms with Crippen molar-refractivity contribution in [3.8, 4) is 6.07 Å². The molecule has 2 unspecified atom stereocenters. The van der Waals surface area contributed by atoms with E-state index >= 15 is 0 Å². The first kappa shape index (κ1) is 17.0. The molecular formula is C18H22FN5O2. The van der Waals surface area contributed by atoms with Gasteiger partial charge in [0.2, 0.25) is 5.91 Å². The van der Waals surface area contributed by atoms with E-state index in [2.05, 4.69) is 21.6 Å². The Morgan fingerprint density at radius 3 is 2.81 bits per heavy atom. The molecule has 2 amide bonds. The molecule has 0 radical (unpaired) electrons. The van der Waals surface area contributed by atoms with Crippen molar-refractivity contribution in [3.05, 3.63) is 17.0 Å². The second kappa shape index (κ2) is 6.38. The molecule has 0 aromatic carbocycles. The monoisotopic (exact) mass is 359 g/mol. The summed E-state index contributed by atoms with van der Waals surface area (Å²) in [5.74, 6) is -0.624. The number of carbonyl (C=O) groups is 2. The number of halogens is 1. The molecule has 8 heteroatoms. The van der Waals surface area contributed by atoms with Crippen LogP contribution in [-0.2, 0) is 17.6 Å². The van der Waals surface area contributed by atoms with Gasteiger partial charge in [0.25, 0.3) is 5.91 Å². The topological polar surface area (TPSA) is 102 Å². The number of H-pyrrole nitrogens is 1. The number of alkyl halides is 1. The van der Waals surface area contributed by atoms with Crippen molar-refractivity contribution in [1.29, 1.82) is 5.26 Å². The van der Waals surface area contributed by atoms with Gasteiger partial charge in [-0.25, -0.2) is 4.39 Å². The van der Waals surface area contributed by atoms with Crippen LogP contribution in [0, 0.1) is 16.7 Å². The van der Waals surface area contributed by atoms with E-state index in [-0.39, 0.29) is 18.4 Å². The Kier molecular flexibility index (Phi) is 4.17. The molecule has 3 aliphatic rings. The number of amides is 2. The summed E-state index contributed by atoms with van der Waals surface area (Å²) in [6, 6.07) is 1.42. The molecular weight excluding hydrogens is 337 g/mol. The number of nitrogens with zero attached hydrogens (tertiary/aromatic N) is 3. The third-order valence-electron chi connectivity index (χ3n) is 5.79. The van der Waals surface area contributed by atoms with Crippen molar-refractivity contribution in [1.82, 2.24) is 20.4 Å². The fourth-order valence-electron chi connectivity index (χ4n) is 3.96. The molecule has 1 aromatic rings. The number of aromatic amines is 1. The van der Waals surface area contributed by atoms with Gasteiger partial charge in [0.05, 0.1) is 18.7 Å². The standard InChI is InChI=1S/C18H22FN5O2/c19-12-9-24(17(26)18(10-20)6-7-18)8-5-14(12)21-16(25)15-11-3-1-2-4-13(11)22-23-15/h12,14H,1-9H2,(H,21,25)(H,22,23). The van der Waals surface area contributed by atoms with Crippen LogP contribution in [0.4, 0.5) is 4.39 Å². The fraction of sp³-hybridized carbons (Fsp3) is 0.667. The summed E-state index contributed by atoms with van der Waals surface area (Å²) < 4.78 is 14.6. The Morgan fingerprint density at radius 2 is 2.12 bits per heavy atom. The summed E-state index contributed by atoms with van der Waals surface area (Å²) in [6.07, 6.45) is 3.92. The third kappa shape index (κ3) is 2.85. The molecule has 2 heterocycles. The van der Waals surface area contributed by atoms with E-state index in [0.29, 0.717) is 31.5 Å². The quantitative estimate of drug-likeness (QED) is 0.848. The Bertz CT molecular complexity index is 779. The van der Waals surface area contributed by atoms with E-state index in [9.17, 15) is 14.0 Å². The van der Waals surface area contributed by atoms with Crippen LogP contribution < -0.4 is 5.32 Å². The number of nitriles is 1. The maximum absolute atomic E-state index is 14.6. The highest BCUT2D eigenvalue weighted by atomic mass is 19.1. The minimum absolute atomic E-state index is 0.0775. The Labute approximate surface area is 150 Å². The van der Waals surface area contributed by atoms with Gasteiger partial charge in [-0.1, -0.05) is 0 Å². The van der Waals surface area contributed by atoms with Crippen molar-refractivity contribution in [2.75, 3.05) is 13.1 Å². The number of aryl methyl sites for hydroxylation is 1. The molecule has 1 saturated carbocycles. The second-order valence-corrected chi connectivity index (χ2v) is 7.57. The van der Waals surface area contributed by atoms with Gasteiger partial charge in [-0.2, -0.15) is 10.4 Å². The Morgan fingerprint density at radius 1 is 1.35 bits per heavy atom. The Hall–Kier alpha value is -2.43. The highest BCUT2D eigenvalue weighted by Crippen LogP contribution is 2.46. The first-order valence-corrected chi connectivity index (χ1v) is 9.26. The lowest BCUT2D eigenvalue weighted by Gasteiger charge is -2.35. The van der Waals surface area contributed by atoms with Crippen LogP contribution in [0.15, 0.2) is 0 Å². The molecule has 2 atom stereocenters. The van der Waals surface area contributed by atoms with E-state index in [1.807, 2.05) is 0 Å².